The lowest BCUT2D eigenvalue weighted by Gasteiger charge is -2.29. The number of benzene rings is 1. The number of fused-ring (bicyclic) bond motifs is 1. The average Bonchev–Trinajstić information content (AvgIpc) is 3.10. The minimum atomic E-state index is -0.391. The molecule has 1 aromatic carbocycles. The molecule has 0 amide bonds. The molecule has 0 saturated carbocycles. The van der Waals surface area contributed by atoms with Gasteiger partial charge in [0.15, 0.2) is 5.82 Å². The highest BCUT2D eigenvalue weighted by Crippen LogP contribution is 2.36. The Morgan fingerprint density at radius 1 is 1.40 bits per heavy atom. The molecule has 1 atom stereocenters. The van der Waals surface area contributed by atoms with Gasteiger partial charge in [-0.3, -0.25) is 5.32 Å². The average molecular weight is 273 g/mol. The van der Waals surface area contributed by atoms with Crippen molar-refractivity contribution in [1.82, 2.24) is 15.5 Å². The molecule has 1 aromatic heterocycles. The Kier molecular flexibility index (Phi) is 3.54. The van der Waals surface area contributed by atoms with Crippen molar-refractivity contribution in [3.63, 3.8) is 0 Å². The molecule has 0 radical (unpaired) electrons. The van der Waals surface area contributed by atoms with Gasteiger partial charge in [-0.2, -0.15) is 4.98 Å². The van der Waals surface area contributed by atoms with Crippen molar-refractivity contribution >= 4 is 0 Å². The van der Waals surface area contributed by atoms with E-state index in [4.69, 9.17) is 4.52 Å². The lowest BCUT2D eigenvalue weighted by atomic mass is 9.92. The van der Waals surface area contributed by atoms with Crippen molar-refractivity contribution in [2.24, 2.45) is 0 Å². The summed E-state index contributed by atoms with van der Waals surface area (Å²) in [6.07, 6.45) is 2.63. The zero-order chi connectivity index (χ0) is 14.0. The van der Waals surface area contributed by atoms with Crippen LogP contribution < -0.4 is 5.32 Å². The van der Waals surface area contributed by atoms with E-state index in [1.54, 1.807) is 0 Å². The summed E-state index contributed by atoms with van der Waals surface area (Å²) >= 11 is 0. The molecule has 1 heterocycles. The first-order valence-electron chi connectivity index (χ1n) is 7.03. The van der Waals surface area contributed by atoms with E-state index in [2.05, 4.69) is 27.6 Å². The van der Waals surface area contributed by atoms with E-state index in [0.717, 1.165) is 19.3 Å². The van der Waals surface area contributed by atoms with Gasteiger partial charge < -0.3 is 9.63 Å². The van der Waals surface area contributed by atoms with Gasteiger partial charge in [0.1, 0.15) is 0 Å². The van der Waals surface area contributed by atoms with Crippen molar-refractivity contribution in [2.45, 2.75) is 38.3 Å². The molecule has 20 heavy (non-hydrogen) atoms. The molecule has 0 fully saturated rings. The van der Waals surface area contributed by atoms with Crippen LogP contribution in [0.25, 0.3) is 0 Å². The molecule has 0 spiro atoms. The first-order valence-corrected chi connectivity index (χ1v) is 7.03. The van der Waals surface area contributed by atoms with Crippen molar-refractivity contribution in [1.29, 1.82) is 0 Å². The van der Waals surface area contributed by atoms with Crippen molar-refractivity contribution in [3.05, 3.63) is 47.1 Å². The third kappa shape index (κ3) is 2.23. The molecule has 1 unspecified atom stereocenters. The Morgan fingerprint density at radius 3 is 3.00 bits per heavy atom. The number of nitrogens with one attached hydrogen (secondary N) is 1. The van der Waals surface area contributed by atoms with E-state index in [1.165, 1.54) is 11.1 Å². The number of aromatic nitrogens is 2. The van der Waals surface area contributed by atoms with Gasteiger partial charge in [-0.15, -0.1) is 0 Å². The summed E-state index contributed by atoms with van der Waals surface area (Å²) in [7, 11) is 0. The monoisotopic (exact) mass is 273 g/mol. The molecule has 2 N–H and O–H groups in total. The summed E-state index contributed by atoms with van der Waals surface area (Å²) < 4.78 is 5.19. The van der Waals surface area contributed by atoms with Gasteiger partial charge >= 0.3 is 0 Å². The third-order valence-corrected chi connectivity index (χ3v) is 4.03. The topological polar surface area (TPSA) is 71.2 Å². The lowest BCUT2D eigenvalue weighted by Crippen LogP contribution is -2.43. The second-order valence-corrected chi connectivity index (χ2v) is 5.21. The van der Waals surface area contributed by atoms with Gasteiger partial charge in [-0.25, -0.2) is 0 Å². The van der Waals surface area contributed by atoms with Gasteiger partial charge in [-0.1, -0.05) is 36.3 Å². The van der Waals surface area contributed by atoms with Crippen LogP contribution in [0.5, 0.6) is 0 Å². The molecule has 0 aliphatic heterocycles. The highest BCUT2D eigenvalue weighted by atomic mass is 16.5. The van der Waals surface area contributed by atoms with Gasteiger partial charge in [0.25, 0.3) is 0 Å². The van der Waals surface area contributed by atoms with Crippen LogP contribution in [0, 0.1) is 0 Å². The highest BCUT2D eigenvalue weighted by Gasteiger charge is 2.37. The molecular weight excluding hydrogens is 254 g/mol. The van der Waals surface area contributed by atoms with Crippen LogP contribution in [0.15, 0.2) is 28.8 Å². The predicted molar refractivity (Wildman–Crippen MR) is 74.0 cm³/mol. The summed E-state index contributed by atoms with van der Waals surface area (Å²) in [5.74, 6) is 1.28. The summed E-state index contributed by atoms with van der Waals surface area (Å²) in [5.41, 5.74) is 2.09. The number of hydrogen-bond acceptors (Lipinski definition) is 5. The van der Waals surface area contributed by atoms with Gasteiger partial charge in [0, 0.05) is 6.42 Å². The molecule has 5 nitrogen and oxygen atoms in total. The summed E-state index contributed by atoms with van der Waals surface area (Å²) in [6.45, 7) is 2.53. The zero-order valence-electron chi connectivity index (χ0n) is 11.6. The maximum absolute atomic E-state index is 9.86. The van der Waals surface area contributed by atoms with E-state index < -0.39 is 5.54 Å². The number of hydrogen-bond donors (Lipinski definition) is 2. The molecule has 1 aliphatic carbocycles. The largest absolute Gasteiger partial charge is 0.394 e. The quantitative estimate of drug-likeness (QED) is 0.865. The number of aryl methyl sites for hydroxylation is 2. The van der Waals surface area contributed by atoms with Crippen LogP contribution in [0.2, 0.25) is 0 Å². The molecule has 106 valence electrons. The van der Waals surface area contributed by atoms with E-state index in [0.29, 0.717) is 18.3 Å². The first-order chi connectivity index (χ1) is 9.77. The molecule has 1 aliphatic rings. The predicted octanol–water partition coefficient (Wildman–Crippen LogP) is 1.56. The molecule has 2 aromatic rings. The molecule has 0 bridgehead atoms. The highest BCUT2D eigenvalue weighted by molar-refractivity contribution is 5.38. The number of aliphatic hydroxyl groups is 1. The Morgan fingerprint density at radius 2 is 2.25 bits per heavy atom. The molecule has 5 heteroatoms. The standard InChI is InChI=1S/C15H19N3O2/c1-2-13-17-14(20-18-13)9-16-15(10-19)8-7-11-5-3-4-6-12(11)15/h3-6,16,19H,2,7-10H2,1H3. The van der Waals surface area contributed by atoms with Crippen LogP contribution in [0.1, 0.15) is 36.2 Å². The fraction of sp³-hybridized carbons (Fsp3) is 0.467. The molecule has 0 saturated heterocycles. The van der Waals surface area contributed by atoms with Crippen molar-refractivity contribution in [2.75, 3.05) is 6.61 Å². The third-order valence-electron chi connectivity index (χ3n) is 4.03. The second kappa shape index (κ2) is 5.34. The summed E-state index contributed by atoms with van der Waals surface area (Å²) in [5, 5.41) is 17.2. The fourth-order valence-electron chi connectivity index (χ4n) is 2.84. The van der Waals surface area contributed by atoms with E-state index in [-0.39, 0.29) is 6.61 Å². The van der Waals surface area contributed by atoms with Crippen molar-refractivity contribution in [3.8, 4) is 0 Å². The van der Waals surface area contributed by atoms with E-state index >= 15 is 0 Å². The normalized spacial score (nSPS) is 21.1. The van der Waals surface area contributed by atoms with E-state index in [1.807, 2.05) is 19.1 Å². The second-order valence-electron chi connectivity index (χ2n) is 5.21. The maximum atomic E-state index is 9.86. The number of aliphatic hydroxyl groups excluding tert-OH is 1. The van der Waals surface area contributed by atoms with Gasteiger partial charge in [-0.05, 0) is 24.0 Å². The van der Waals surface area contributed by atoms with Crippen LogP contribution >= 0.6 is 0 Å². The number of nitrogens with zero attached hydrogens (tertiary/aromatic N) is 2. The van der Waals surface area contributed by atoms with Crippen molar-refractivity contribution < 1.29 is 9.63 Å². The van der Waals surface area contributed by atoms with Crippen LogP contribution in [-0.2, 0) is 24.9 Å². The van der Waals surface area contributed by atoms with E-state index in [9.17, 15) is 5.11 Å². The molecule has 3 rings (SSSR count). The zero-order valence-corrected chi connectivity index (χ0v) is 11.6. The van der Waals surface area contributed by atoms with Crippen LogP contribution in [0.3, 0.4) is 0 Å². The smallest absolute Gasteiger partial charge is 0.240 e. The Balaban J connectivity index is 1.78. The molecular formula is C15H19N3O2. The Hall–Kier alpha value is -1.72. The minimum Gasteiger partial charge on any atom is -0.394 e. The first kappa shape index (κ1) is 13.3. The van der Waals surface area contributed by atoms with Crippen LogP contribution in [0.4, 0.5) is 0 Å². The lowest BCUT2D eigenvalue weighted by molar-refractivity contribution is 0.154. The maximum Gasteiger partial charge on any atom is 0.240 e. The summed E-state index contributed by atoms with van der Waals surface area (Å²) in [4.78, 5) is 4.29. The minimum absolute atomic E-state index is 0.0682. The Bertz CT molecular complexity index is 596. The van der Waals surface area contributed by atoms with Crippen LogP contribution in [-0.4, -0.2) is 21.9 Å². The Labute approximate surface area is 118 Å². The summed E-state index contributed by atoms with van der Waals surface area (Å²) in [6, 6.07) is 8.25. The van der Waals surface area contributed by atoms with Gasteiger partial charge in [0.05, 0.1) is 18.7 Å². The fourth-order valence-corrected chi connectivity index (χ4v) is 2.84. The SMILES string of the molecule is CCc1noc(CNC2(CO)CCc3ccccc32)n1. The van der Waals surface area contributed by atoms with Gasteiger partial charge in [0.2, 0.25) is 5.89 Å². The number of rotatable bonds is 5.